The summed E-state index contributed by atoms with van der Waals surface area (Å²) in [6.07, 6.45) is -10.6. The first-order chi connectivity index (χ1) is 16.1. The van der Waals surface area contributed by atoms with Gasteiger partial charge in [0.2, 0.25) is 0 Å². The van der Waals surface area contributed by atoms with E-state index in [0.717, 1.165) is 18.4 Å². The Labute approximate surface area is 197 Å². The summed E-state index contributed by atoms with van der Waals surface area (Å²) in [5, 5.41) is 0. The number of halogens is 7. The molecule has 3 aromatic carbocycles. The molecule has 1 aliphatic rings. The Kier molecular flexibility index (Phi) is 6.47. The molecule has 4 rings (SSSR count). The third-order valence-corrected chi connectivity index (χ3v) is 9.97. The van der Waals surface area contributed by atoms with E-state index < -0.39 is 49.7 Å². The normalized spacial score (nSPS) is 16.8. The van der Waals surface area contributed by atoms with Crippen LogP contribution in [0.4, 0.5) is 26.3 Å². The predicted molar refractivity (Wildman–Crippen MR) is 120 cm³/mol. The molecule has 0 atom stereocenters. The maximum absolute atomic E-state index is 14.0. The first kappa shape index (κ1) is 24.3. The minimum atomic E-state index is -5.77. The molecule has 34 heavy (non-hydrogen) atoms. The van der Waals surface area contributed by atoms with Crippen molar-refractivity contribution in [2.75, 3.05) is 0 Å². The number of fused-ring (bicyclic) bond motifs is 1. The van der Waals surface area contributed by atoms with Crippen LogP contribution >= 0.6 is 20.2 Å². The zero-order valence-corrected chi connectivity index (χ0v) is 19.2. The fourth-order valence-corrected chi connectivity index (χ4v) is 8.76. The molecular formula is C24H15F6IO3. The Bertz CT molecular complexity index is 1190. The van der Waals surface area contributed by atoms with Gasteiger partial charge < -0.3 is 0 Å². The van der Waals surface area contributed by atoms with Crippen molar-refractivity contribution >= 4 is 29.8 Å². The summed E-state index contributed by atoms with van der Waals surface area (Å²) in [7, 11) is 0. The van der Waals surface area contributed by atoms with E-state index in [-0.39, 0.29) is 12.7 Å². The second kappa shape index (κ2) is 9.06. The van der Waals surface area contributed by atoms with Gasteiger partial charge in [-0.2, -0.15) is 0 Å². The number of carbonyl (C=O) groups excluding carboxylic acids is 1. The minimum absolute atomic E-state index is 0.0168. The topological polar surface area (TPSA) is 35.5 Å². The molecule has 0 aromatic heterocycles. The van der Waals surface area contributed by atoms with Gasteiger partial charge in [-0.05, 0) is 0 Å². The Morgan fingerprint density at radius 2 is 1.26 bits per heavy atom. The van der Waals surface area contributed by atoms with Crippen LogP contribution in [0.25, 0.3) is 3.58 Å². The van der Waals surface area contributed by atoms with E-state index in [4.69, 9.17) is 7.80 Å². The third kappa shape index (κ3) is 4.20. The first-order valence-electron chi connectivity index (χ1n) is 9.70. The van der Waals surface area contributed by atoms with E-state index in [0.29, 0.717) is 5.56 Å². The monoisotopic (exact) mass is 592 g/mol. The van der Waals surface area contributed by atoms with Crippen molar-refractivity contribution in [3.8, 4) is 0 Å². The number of hydrogen-bond donors (Lipinski definition) is 0. The Hall–Kier alpha value is -2.86. The van der Waals surface area contributed by atoms with Crippen LogP contribution in [0.15, 0.2) is 91.2 Å². The molecule has 0 unspecified atom stereocenters. The number of carbonyl (C=O) groups is 1. The molecule has 3 aromatic rings. The Morgan fingerprint density at radius 1 is 0.765 bits per heavy atom. The molecule has 0 saturated carbocycles. The zero-order chi connectivity index (χ0) is 24.6. The molecule has 178 valence electrons. The average molecular weight is 592 g/mol. The zero-order valence-electron chi connectivity index (χ0n) is 17.0. The number of ether oxygens (including phenoxy) is 1. The van der Waals surface area contributed by atoms with Crippen LogP contribution in [0.2, 0.25) is 0 Å². The second-order valence-corrected chi connectivity index (χ2v) is 11.3. The molecule has 1 aliphatic heterocycles. The molecule has 0 fully saturated rings. The van der Waals surface area contributed by atoms with Crippen molar-refractivity contribution in [1.82, 2.24) is 0 Å². The van der Waals surface area contributed by atoms with Crippen LogP contribution in [0.5, 0.6) is 0 Å². The molecule has 0 amide bonds. The third-order valence-electron chi connectivity index (χ3n) is 4.94. The van der Waals surface area contributed by atoms with E-state index in [1.54, 1.807) is 36.4 Å². The fourth-order valence-electron chi connectivity index (χ4n) is 3.35. The van der Waals surface area contributed by atoms with Gasteiger partial charge in [-0.15, -0.1) is 0 Å². The van der Waals surface area contributed by atoms with Crippen molar-refractivity contribution in [1.29, 1.82) is 0 Å². The van der Waals surface area contributed by atoms with Crippen molar-refractivity contribution in [2.45, 2.75) is 18.0 Å². The van der Waals surface area contributed by atoms with E-state index in [1.807, 2.05) is 0 Å². The van der Waals surface area contributed by atoms with Crippen LogP contribution in [-0.4, -0.2) is 18.3 Å². The van der Waals surface area contributed by atoms with Crippen LogP contribution < -0.4 is 0 Å². The van der Waals surface area contributed by atoms with Gasteiger partial charge in [0, 0.05) is 0 Å². The quantitative estimate of drug-likeness (QED) is 0.136. The van der Waals surface area contributed by atoms with Gasteiger partial charge >= 0.3 is 198 Å². The molecule has 0 N–H and O–H groups in total. The standard InChI is InChI=1S/C24H15F6IO3/c25-23(26,27)22(24(28,29)30)18-13-7-8-14-19(18)31(34-22)20(16-9-3-1-4-10-16)15-33-21(32)17-11-5-2-6-12-17/h1-15H/b20-15-. The molecule has 0 radical (unpaired) electrons. The predicted octanol–water partition coefficient (Wildman–Crippen LogP) is 7.48. The Morgan fingerprint density at radius 3 is 1.82 bits per heavy atom. The van der Waals surface area contributed by atoms with Crippen molar-refractivity contribution in [2.24, 2.45) is 0 Å². The van der Waals surface area contributed by atoms with Crippen molar-refractivity contribution < 1.29 is 38.9 Å². The summed E-state index contributed by atoms with van der Waals surface area (Å²) in [6, 6.07) is 20.0. The number of hydrogen-bond acceptors (Lipinski definition) is 3. The maximum atomic E-state index is 14.0. The summed E-state index contributed by atoms with van der Waals surface area (Å²) in [4.78, 5) is 12.4. The number of alkyl halides is 6. The molecule has 0 saturated heterocycles. The average Bonchev–Trinajstić information content (AvgIpc) is 3.17. The van der Waals surface area contributed by atoms with Crippen LogP contribution in [-0.2, 0) is 13.4 Å². The van der Waals surface area contributed by atoms with Crippen LogP contribution in [0.3, 0.4) is 0 Å². The fraction of sp³-hybridized carbons (Fsp3) is 0.125. The Balaban J connectivity index is 1.85. The number of rotatable bonds is 4. The summed E-state index contributed by atoms with van der Waals surface area (Å²) in [6.45, 7) is 0. The summed E-state index contributed by atoms with van der Waals surface area (Å²) >= 11 is -3.89. The van der Waals surface area contributed by atoms with Crippen LogP contribution in [0.1, 0.15) is 21.5 Å². The van der Waals surface area contributed by atoms with Crippen molar-refractivity contribution in [3.05, 3.63) is 111 Å². The summed E-state index contributed by atoms with van der Waals surface area (Å²) in [5.41, 5.74) is -5.00. The molecule has 0 aliphatic carbocycles. The SMILES string of the molecule is O=C(O/C=C(/c1ccccc1)I1OC(C(F)(F)F)(C(F)(F)F)c2ccccc21)c1ccccc1. The van der Waals surface area contributed by atoms with E-state index in [1.165, 1.54) is 36.4 Å². The summed E-state index contributed by atoms with van der Waals surface area (Å²) in [5.74, 6) is -0.810. The molecule has 1 heterocycles. The van der Waals surface area contributed by atoms with Crippen LogP contribution in [0, 0.1) is 3.57 Å². The van der Waals surface area contributed by atoms with Gasteiger partial charge in [0.05, 0.1) is 0 Å². The van der Waals surface area contributed by atoms with Gasteiger partial charge in [0.15, 0.2) is 0 Å². The molecule has 0 bridgehead atoms. The van der Waals surface area contributed by atoms with E-state index >= 15 is 0 Å². The van der Waals surface area contributed by atoms with Crippen molar-refractivity contribution in [3.63, 3.8) is 0 Å². The van der Waals surface area contributed by atoms with Gasteiger partial charge in [0.1, 0.15) is 0 Å². The summed E-state index contributed by atoms with van der Waals surface area (Å²) < 4.78 is 94.3. The van der Waals surface area contributed by atoms with Gasteiger partial charge in [-0.1, -0.05) is 0 Å². The molecule has 0 spiro atoms. The van der Waals surface area contributed by atoms with Gasteiger partial charge in [-0.3, -0.25) is 0 Å². The van der Waals surface area contributed by atoms with E-state index in [2.05, 4.69) is 0 Å². The molecular weight excluding hydrogens is 577 g/mol. The first-order valence-corrected chi connectivity index (χ1v) is 12.7. The molecule has 10 heteroatoms. The van der Waals surface area contributed by atoms with Gasteiger partial charge in [-0.25, -0.2) is 0 Å². The number of benzene rings is 3. The van der Waals surface area contributed by atoms with E-state index in [9.17, 15) is 31.1 Å². The number of esters is 1. The van der Waals surface area contributed by atoms with Gasteiger partial charge in [0.25, 0.3) is 0 Å². The second-order valence-electron chi connectivity index (χ2n) is 7.09. The molecule has 3 nitrogen and oxygen atoms in total.